The van der Waals surface area contributed by atoms with Gasteiger partial charge < -0.3 is 4.74 Å². The van der Waals surface area contributed by atoms with Crippen LogP contribution in [0.4, 0.5) is 5.69 Å². The summed E-state index contributed by atoms with van der Waals surface area (Å²) in [6.45, 7) is 4.07. The fourth-order valence-corrected chi connectivity index (χ4v) is 2.32. The first-order valence-electron chi connectivity index (χ1n) is 5.45. The van der Waals surface area contributed by atoms with Crippen LogP contribution in [-0.4, -0.2) is 12.8 Å². The number of thiophene rings is 1. The van der Waals surface area contributed by atoms with Crippen LogP contribution in [0, 0.1) is 6.92 Å². The predicted octanol–water partition coefficient (Wildman–Crippen LogP) is 4.21. The van der Waals surface area contributed by atoms with Gasteiger partial charge in [-0.05, 0) is 36.9 Å². The summed E-state index contributed by atoms with van der Waals surface area (Å²) in [7, 11) is 1.67. The highest BCUT2D eigenvalue weighted by Gasteiger charge is 2.06. The second-order valence-electron chi connectivity index (χ2n) is 3.80. The number of aryl methyl sites for hydroxylation is 1. The van der Waals surface area contributed by atoms with Crippen molar-refractivity contribution >= 4 is 22.7 Å². The summed E-state index contributed by atoms with van der Waals surface area (Å²) in [5.41, 5.74) is 3.06. The first kappa shape index (κ1) is 11.9. The first-order chi connectivity index (χ1) is 8.22. The Morgan fingerprint density at radius 1 is 1.24 bits per heavy atom. The third-order valence-corrected chi connectivity index (χ3v) is 3.56. The molecular formula is C14H15NOS. The quantitative estimate of drug-likeness (QED) is 0.742. The lowest BCUT2D eigenvalue weighted by atomic mass is 10.2. The number of hydrogen-bond donors (Lipinski definition) is 0. The second-order valence-corrected chi connectivity index (χ2v) is 4.75. The molecule has 0 aliphatic rings. The van der Waals surface area contributed by atoms with Crippen LogP contribution in [0.15, 0.2) is 40.7 Å². The molecule has 88 valence electrons. The molecule has 0 saturated heterocycles. The van der Waals surface area contributed by atoms with Gasteiger partial charge in [0.1, 0.15) is 11.4 Å². The Morgan fingerprint density at radius 3 is 2.71 bits per heavy atom. The highest BCUT2D eigenvalue weighted by Crippen LogP contribution is 2.31. The Bertz CT molecular complexity index is 529. The molecule has 0 unspecified atom stereocenters. The zero-order chi connectivity index (χ0) is 12.3. The van der Waals surface area contributed by atoms with Crippen LogP contribution in [-0.2, 0) is 0 Å². The predicted molar refractivity (Wildman–Crippen MR) is 73.9 cm³/mol. The van der Waals surface area contributed by atoms with E-state index in [2.05, 4.69) is 16.4 Å². The second kappa shape index (κ2) is 5.15. The number of benzene rings is 1. The Balaban J connectivity index is 2.45. The van der Waals surface area contributed by atoms with Crippen molar-refractivity contribution in [1.82, 2.24) is 0 Å². The number of para-hydroxylation sites is 1. The summed E-state index contributed by atoms with van der Waals surface area (Å²) in [5.74, 6) is 0.820. The molecule has 0 aliphatic carbocycles. The van der Waals surface area contributed by atoms with E-state index in [4.69, 9.17) is 4.74 Å². The van der Waals surface area contributed by atoms with Crippen LogP contribution in [0.3, 0.4) is 0 Å². The molecule has 0 saturated carbocycles. The summed E-state index contributed by atoms with van der Waals surface area (Å²) in [6.07, 6.45) is 0. The van der Waals surface area contributed by atoms with Crippen molar-refractivity contribution in [2.24, 2.45) is 4.99 Å². The third-order valence-electron chi connectivity index (χ3n) is 2.58. The average Bonchev–Trinajstić information content (AvgIpc) is 2.85. The number of rotatable bonds is 3. The Labute approximate surface area is 106 Å². The maximum atomic E-state index is 5.34. The van der Waals surface area contributed by atoms with Crippen LogP contribution >= 0.6 is 11.3 Å². The minimum absolute atomic E-state index is 0.820. The van der Waals surface area contributed by atoms with Crippen molar-refractivity contribution in [3.63, 3.8) is 0 Å². The maximum absolute atomic E-state index is 5.34. The molecule has 2 nitrogen and oxygen atoms in total. The molecule has 0 atom stereocenters. The van der Waals surface area contributed by atoms with Crippen molar-refractivity contribution in [3.8, 4) is 5.75 Å². The van der Waals surface area contributed by atoms with E-state index in [-0.39, 0.29) is 0 Å². The maximum Gasteiger partial charge on any atom is 0.144 e. The standard InChI is InChI=1S/C14H15NOS/c1-10-6-4-7-12(16-3)14(10)15-11(2)13-8-5-9-17-13/h4-9H,1-3H3. The minimum Gasteiger partial charge on any atom is -0.494 e. The number of ether oxygens (including phenoxy) is 1. The van der Waals surface area contributed by atoms with Crippen LogP contribution in [0.25, 0.3) is 0 Å². The van der Waals surface area contributed by atoms with Gasteiger partial charge in [0, 0.05) is 4.88 Å². The molecule has 0 aliphatic heterocycles. The highest BCUT2D eigenvalue weighted by atomic mass is 32.1. The van der Waals surface area contributed by atoms with E-state index in [1.54, 1.807) is 18.4 Å². The Kier molecular flexibility index (Phi) is 3.59. The zero-order valence-corrected chi connectivity index (χ0v) is 11.0. The van der Waals surface area contributed by atoms with Crippen LogP contribution in [0.5, 0.6) is 5.75 Å². The van der Waals surface area contributed by atoms with Crippen molar-refractivity contribution in [1.29, 1.82) is 0 Å². The number of nitrogens with zero attached hydrogens (tertiary/aromatic N) is 1. The molecule has 3 heteroatoms. The van der Waals surface area contributed by atoms with E-state index in [1.165, 1.54) is 4.88 Å². The lowest BCUT2D eigenvalue weighted by Gasteiger charge is -2.08. The lowest BCUT2D eigenvalue weighted by molar-refractivity contribution is 0.416. The van der Waals surface area contributed by atoms with E-state index in [9.17, 15) is 0 Å². The van der Waals surface area contributed by atoms with E-state index in [0.717, 1.165) is 22.7 Å². The summed E-state index contributed by atoms with van der Waals surface area (Å²) in [4.78, 5) is 5.86. The molecule has 0 fully saturated rings. The first-order valence-corrected chi connectivity index (χ1v) is 6.33. The van der Waals surface area contributed by atoms with Gasteiger partial charge in [-0.2, -0.15) is 0 Å². The molecule has 0 N–H and O–H groups in total. The number of aliphatic imine (C=N–C) groups is 1. The topological polar surface area (TPSA) is 21.6 Å². The lowest BCUT2D eigenvalue weighted by Crippen LogP contribution is -1.92. The van der Waals surface area contributed by atoms with E-state index in [1.807, 2.05) is 38.1 Å². The van der Waals surface area contributed by atoms with Gasteiger partial charge in [0.2, 0.25) is 0 Å². The molecular weight excluding hydrogens is 230 g/mol. The third kappa shape index (κ3) is 2.56. The van der Waals surface area contributed by atoms with Gasteiger partial charge in [-0.1, -0.05) is 18.2 Å². The zero-order valence-electron chi connectivity index (χ0n) is 10.2. The van der Waals surface area contributed by atoms with Crippen LogP contribution < -0.4 is 4.74 Å². The fourth-order valence-electron chi connectivity index (χ4n) is 1.65. The monoisotopic (exact) mass is 245 g/mol. The van der Waals surface area contributed by atoms with Gasteiger partial charge in [0.25, 0.3) is 0 Å². The summed E-state index contributed by atoms with van der Waals surface area (Å²) < 4.78 is 5.34. The van der Waals surface area contributed by atoms with E-state index >= 15 is 0 Å². The van der Waals surface area contributed by atoms with Gasteiger partial charge in [0.05, 0.1) is 12.8 Å². The number of methoxy groups -OCH3 is 1. The minimum atomic E-state index is 0.820. The van der Waals surface area contributed by atoms with Gasteiger partial charge in [-0.25, -0.2) is 4.99 Å². The smallest absolute Gasteiger partial charge is 0.144 e. The normalized spacial score (nSPS) is 11.6. The van der Waals surface area contributed by atoms with Gasteiger partial charge in [-0.3, -0.25) is 0 Å². The van der Waals surface area contributed by atoms with Gasteiger partial charge in [0.15, 0.2) is 0 Å². The molecule has 2 aromatic rings. The molecule has 0 amide bonds. The van der Waals surface area contributed by atoms with Gasteiger partial charge in [-0.15, -0.1) is 11.3 Å². The Hall–Kier alpha value is -1.61. The fraction of sp³-hybridized carbons (Fsp3) is 0.214. The SMILES string of the molecule is COc1cccc(C)c1N=C(C)c1cccs1. The van der Waals surface area contributed by atoms with Gasteiger partial charge >= 0.3 is 0 Å². The van der Waals surface area contributed by atoms with Crippen LogP contribution in [0.1, 0.15) is 17.4 Å². The van der Waals surface area contributed by atoms with Crippen molar-refractivity contribution in [2.75, 3.05) is 7.11 Å². The molecule has 1 aromatic carbocycles. The van der Waals surface area contributed by atoms with E-state index in [0.29, 0.717) is 0 Å². The summed E-state index contributed by atoms with van der Waals surface area (Å²) >= 11 is 1.70. The van der Waals surface area contributed by atoms with Crippen molar-refractivity contribution in [3.05, 3.63) is 46.2 Å². The summed E-state index contributed by atoms with van der Waals surface area (Å²) in [6, 6.07) is 10.1. The average molecular weight is 245 g/mol. The molecule has 0 spiro atoms. The Morgan fingerprint density at radius 2 is 2.06 bits per heavy atom. The molecule has 1 heterocycles. The molecule has 17 heavy (non-hydrogen) atoms. The van der Waals surface area contributed by atoms with Crippen molar-refractivity contribution < 1.29 is 4.74 Å². The largest absolute Gasteiger partial charge is 0.494 e. The van der Waals surface area contributed by atoms with E-state index < -0.39 is 0 Å². The molecule has 1 aromatic heterocycles. The molecule has 2 rings (SSSR count). The van der Waals surface area contributed by atoms with Crippen molar-refractivity contribution in [2.45, 2.75) is 13.8 Å². The molecule has 0 bridgehead atoms. The summed E-state index contributed by atoms with van der Waals surface area (Å²) in [5, 5.41) is 2.06. The molecule has 0 radical (unpaired) electrons. The van der Waals surface area contributed by atoms with Crippen LogP contribution in [0.2, 0.25) is 0 Å². The number of hydrogen-bond acceptors (Lipinski definition) is 3. The highest BCUT2D eigenvalue weighted by molar-refractivity contribution is 7.12.